The lowest BCUT2D eigenvalue weighted by molar-refractivity contribution is 0.0921. The molecule has 0 bridgehead atoms. The number of benzene rings is 2. The zero-order valence-corrected chi connectivity index (χ0v) is 16.2. The largest absolute Gasteiger partial charge is 0.486 e. The molecule has 2 heterocycles. The van der Waals surface area contributed by atoms with Gasteiger partial charge in [-0.15, -0.1) is 0 Å². The normalized spacial score (nSPS) is 10.6. The van der Waals surface area contributed by atoms with E-state index in [0.717, 1.165) is 24.0 Å². The van der Waals surface area contributed by atoms with Crippen molar-refractivity contribution < 1.29 is 13.9 Å². The number of ether oxygens (including phenoxy) is 1. The van der Waals surface area contributed by atoms with Gasteiger partial charge in [0.2, 0.25) is 0 Å². The fraction of sp³-hybridized carbons (Fsp3) is 0.174. The summed E-state index contributed by atoms with van der Waals surface area (Å²) in [5.41, 5.74) is 2.62. The number of carbonyl (C=O) groups excluding carboxylic acids is 1. The number of aromatic nitrogens is 2. The highest BCUT2D eigenvalue weighted by molar-refractivity contribution is 5.91. The molecule has 30 heavy (non-hydrogen) atoms. The molecule has 0 aliphatic carbocycles. The van der Waals surface area contributed by atoms with E-state index in [1.165, 1.54) is 0 Å². The molecule has 0 aliphatic heterocycles. The van der Waals surface area contributed by atoms with Crippen LogP contribution < -0.4 is 10.1 Å². The van der Waals surface area contributed by atoms with Crippen LogP contribution in [0.15, 0.2) is 71.4 Å². The van der Waals surface area contributed by atoms with Gasteiger partial charge in [-0.1, -0.05) is 12.1 Å². The van der Waals surface area contributed by atoms with Crippen molar-refractivity contribution in [1.29, 1.82) is 5.26 Å². The number of amides is 1. The van der Waals surface area contributed by atoms with E-state index in [-0.39, 0.29) is 18.3 Å². The average molecular weight is 400 g/mol. The maximum absolute atomic E-state index is 12.3. The molecule has 0 unspecified atom stereocenters. The topological polar surface area (TPSA) is 93.1 Å². The predicted octanol–water partition coefficient (Wildman–Crippen LogP) is 3.90. The fourth-order valence-electron chi connectivity index (χ4n) is 3.08. The summed E-state index contributed by atoms with van der Waals surface area (Å²) < 4.78 is 13.3. The molecule has 7 heteroatoms. The number of carbonyl (C=O) groups is 1. The maximum atomic E-state index is 12.3. The Morgan fingerprint density at radius 2 is 1.97 bits per heavy atom. The van der Waals surface area contributed by atoms with Gasteiger partial charge in [-0.3, -0.25) is 4.79 Å². The second-order valence-corrected chi connectivity index (χ2v) is 6.73. The molecule has 7 nitrogen and oxygen atoms in total. The van der Waals surface area contributed by atoms with Crippen LogP contribution in [0.4, 0.5) is 0 Å². The monoisotopic (exact) mass is 400 g/mol. The van der Waals surface area contributed by atoms with Crippen LogP contribution in [0.5, 0.6) is 5.75 Å². The third-order valence-corrected chi connectivity index (χ3v) is 4.64. The number of hydrogen-bond donors (Lipinski definition) is 1. The predicted molar refractivity (Wildman–Crippen MR) is 111 cm³/mol. The summed E-state index contributed by atoms with van der Waals surface area (Å²) in [6, 6.07) is 20.2. The molecule has 0 atom stereocenters. The minimum atomic E-state index is -0.255. The molecule has 2 aromatic carbocycles. The lowest BCUT2D eigenvalue weighted by Gasteiger charge is -2.06. The van der Waals surface area contributed by atoms with Crippen LogP contribution in [0.3, 0.4) is 0 Å². The number of nitrogens with one attached hydrogen (secondary N) is 1. The van der Waals surface area contributed by atoms with Gasteiger partial charge in [0, 0.05) is 13.1 Å². The van der Waals surface area contributed by atoms with Gasteiger partial charge in [-0.2, -0.15) is 5.26 Å². The van der Waals surface area contributed by atoms with E-state index in [4.69, 9.17) is 14.4 Å². The molecule has 1 N–H and O–H groups in total. The first kappa shape index (κ1) is 19.3. The van der Waals surface area contributed by atoms with E-state index in [1.807, 2.05) is 30.6 Å². The zero-order chi connectivity index (χ0) is 20.8. The Labute approximate surface area is 173 Å². The van der Waals surface area contributed by atoms with Crippen molar-refractivity contribution in [1.82, 2.24) is 14.9 Å². The van der Waals surface area contributed by atoms with Crippen LogP contribution in [0, 0.1) is 11.3 Å². The highest BCUT2D eigenvalue weighted by atomic mass is 16.5. The van der Waals surface area contributed by atoms with Crippen molar-refractivity contribution in [2.45, 2.75) is 19.6 Å². The van der Waals surface area contributed by atoms with E-state index in [1.54, 1.807) is 36.4 Å². The number of nitrogens with zero attached hydrogens (tertiary/aromatic N) is 3. The summed E-state index contributed by atoms with van der Waals surface area (Å²) >= 11 is 0. The highest BCUT2D eigenvalue weighted by Crippen LogP contribution is 2.16. The summed E-state index contributed by atoms with van der Waals surface area (Å²) in [6.45, 7) is 1.50. The lowest BCUT2D eigenvalue weighted by atomic mass is 10.2. The fourth-order valence-corrected chi connectivity index (χ4v) is 3.08. The molecule has 4 aromatic rings. The Kier molecular flexibility index (Phi) is 5.76. The second kappa shape index (κ2) is 8.97. The SMILES string of the molecule is N#Cc1ccc(OCc2ccc(C(=O)NCCCn3cnc4ccccc43)o2)cc1. The summed E-state index contributed by atoms with van der Waals surface area (Å²) in [6.07, 6.45) is 2.60. The number of nitriles is 1. The van der Waals surface area contributed by atoms with Crippen molar-refractivity contribution >= 4 is 16.9 Å². The van der Waals surface area contributed by atoms with E-state index in [0.29, 0.717) is 23.6 Å². The summed E-state index contributed by atoms with van der Waals surface area (Å²) in [7, 11) is 0. The summed E-state index contributed by atoms with van der Waals surface area (Å²) in [5.74, 6) is 1.18. The van der Waals surface area contributed by atoms with Crippen molar-refractivity contribution in [3.8, 4) is 11.8 Å². The molecule has 0 radical (unpaired) electrons. The second-order valence-electron chi connectivity index (χ2n) is 6.73. The van der Waals surface area contributed by atoms with E-state index < -0.39 is 0 Å². The van der Waals surface area contributed by atoms with Gasteiger partial charge in [0.25, 0.3) is 5.91 Å². The van der Waals surface area contributed by atoms with Crippen LogP contribution in [0.2, 0.25) is 0 Å². The molecule has 150 valence electrons. The summed E-state index contributed by atoms with van der Waals surface area (Å²) in [4.78, 5) is 16.6. The van der Waals surface area contributed by atoms with Crippen molar-refractivity contribution in [3.63, 3.8) is 0 Å². The van der Waals surface area contributed by atoms with Gasteiger partial charge in [0.05, 0.1) is 29.0 Å². The molecular formula is C23H20N4O3. The van der Waals surface area contributed by atoms with Gasteiger partial charge < -0.3 is 19.0 Å². The van der Waals surface area contributed by atoms with Gasteiger partial charge >= 0.3 is 0 Å². The summed E-state index contributed by atoms with van der Waals surface area (Å²) in [5, 5.41) is 11.7. The average Bonchev–Trinajstić information content (AvgIpc) is 3.43. The number of furan rings is 1. The highest BCUT2D eigenvalue weighted by Gasteiger charge is 2.11. The first-order chi connectivity index (χ1) is 14.7. The van der Waals surface area contributed by atoms with Crippen LogP contribution in [-0.4, -0.2) is 22.0 Å². The van der Waals surface area contributed by atoms with Crippen LogP contribution in [0.1, 0.15) is 28.3 Å². The maximum Gasteiger partial charge on any atom is 0.286 e. The molecule has 0 fully saturated rings. The molecule has 0 aliphatic rings. The number of imidazole rings is 1. The Morgan fingerprint density at radius 3 is 2.80 bits per heavy atom. The standard InChI is InChI=1S/C23H20N4O3/c24-14-17-6-8-18(9-7-17)29-15-19-10-11-22(30-19)23(28)25-12-3-13-27-16-26-20-4-1-2-5-21(20)27/h1-2,4-11,16H,3,12-13,15H2,(H,25,28). The number of fused-ring (bicyclic) bond motifs is 1. The van der Waals surface area contributed by atoms with E-state index >= 15 is 0 Å². The third-order valence-electron chi connectivity index (χ3n) is 4.64. The Balaban J connectivity index is 1.23. The first-order valence-corrected chi connectivity index (χ1v) is 9.63. The van der Waals surface area contributed by atoms with Crippen LogP contribution in [-0.2, 0) is 13.2 Å². The minimum Gasteiger partial charge on any atom is -0.486 e. The number of aryl methyl sites for hydroxylation is 1. The zero-order valence-electron chi connectivity index (χ0n) is 16.2. The van der Waals surface area contributed by atoms with E-state index in [9.17, 15) is 4.79 Å². The van der Waals surface area contributed by atoms with Gasteiger partial charge in [0.15, 0.2) is 5.76 Å². The Hall–Kier alpha value is -4.05. The number of hydrogen-bond acceptors (Lipinski definition) is 5. The molecule has 0 saturated heterocycles. The van der Waals surface area contributed by atoms with Crippen molar-refractivity contribution in [2.24, 2.45) is 0 Å². The van der Waals surface area contributed by atoms with Gasteiger partial charge in [0.1, 0.15) is 18.1 Å². The molecule has 2 aromatic heterocycles. The Bertz CT molecular complexity index is 1190. The van der Waals surface area contributed by atoms with Crippen molar-refractivity contribution in [2.75, 3.05) is 6.54 Å². The minimum absolute atomic E-state index is 0.201. The van der Waals surface area contributed by atoms with Gasteiger partial charge in [-0.25, -0.2) is 4.98 Å². The number of para-hydroxylation sites is 2. The molecule has 0 spiro atoms. The Morgan fingerprint density at radius 1 is 1.13 bits per heavy atom. The number of rotatable bonds is 8. The first-order valence-electron chi connectivity index (χ1n) is 9.63. The van der Waals surface area contributed by atoms with Crippen molar-refractivity contribution in [3.05, 3.63) is 84.1 Å². The van der Waals surface area contributed by atoms with Gasteiger partial charge in [-0.05, 0) is 55.0 Å². The van der Waals surface area contributed by atoms with Crippen LogP contribution >= 0.6 is 0 Å². The molecule has 0 saturated carbocycles. The molecule has 4 rings (SSSR count). The molecule has 1 amide bonds. The third kappa shape index (κ3) is 4.50. The quantitative estimate of drug-likeness (QED) is 0.453. The molecular weight excluding hydrogens is 380 g/mol. The van der Waals surface area contributed by atoms with E-state index in [2.05, 4.69) is 20.9 Å². The lowest BCUT2D eigenvalue weighted by Crippen LogP contribution is -2.24. The van der Waals surface area contributed by atoms with Crippen LogP contribution in [0.25, 0.3) is 11.0 Å². The smallest absolute Gasteiger partial charge is 0.286 e.